The van der Waals surface area contributed by atoms with Gasteiger partial charge in [0.2, 0.25) is 11.8 Å². The van der Waals surface area contributed by atoms with Crippen LogP contribution in [0.15, 0.2) is 0 Å². The van der Waals surface area contributed by atoms with E-state index in [2.05, 4.69) is 18.7 Å². The molecule has 2 heterocycles. The molecule has 6 nitrogen and oxygen atoms in total. The first-order chi connectivity index (χ1) is 12.5. The molecule has 4 atom stereocenters. The lowest BCUT2D eigenvalue weighted by Gasteiger charge is -2.39. The number of hydrogen-bond acceptors (Lipinski definition) is 4. The summed E-state index contributed by atoms with van der Waals surface area (Å²) in [4.78, 5) is 31.7. The normalized spacial score (nSPS) is 33.5. The van der Waals surface area contributed by atoms with Gasteiger partial charge in [0.15, 0.2) is 0 Å². The van der Waals surface area contributed by atoms with Gasteiger partial charge in [-0.05, 0) is 43.6 Å². The second-order valence-corrected chi connectivity index (χ2v) is 8.88. The molecule has 0 radical (unpaired) electrons. The fraction of sp³-hybridized carbons (Fsp3) is 0.900. The highest BCUT2D eigenvalue weighted by molar-refractivity contribution is 5.80. The van der Waals surface area contributed by atoms with Crippen LogP contribution in [-0.2, 0) is 9.59 Å². The number of carbonyl (C=O) groups is 2. The van der Waals surface area contributed by atoms with Crippen molar-refractivity contribution < 1.29 is 9.59 Å². The topological polar surface area (TPSA) is 69.9 Å². The Balaban J connectivity index is 1.45. The van der Waals surface area contributed by atoms with Crippen LogP contribution >= 0.6 is 0 Å². The zero-order chi connectivity index (χ0) is 18.7. The van der Waals surface area contributed by atoms with Crippen LogP contribution < -0.4 is 5.73 Å². The Kier molecular flexibility index (Phi) is 6.56. The minimum absolute atomic E-state index is 0.129. The molecule has 26 heavy (non-hydrogen) atoms. The number of rotatable bonds is 4. The Morgan fingerprint density at radius 3 is 2.23 bits per heavy atom. The molecule has 1 saturated carbocycles. The molecule has 3 aliphatic rings. The number of likely N-dealkylation sites (tertiary alicyclic amines) is 1. The average Bonchev–Trinajstić information content (AvgIpc) is 3.09. The van der Waals surface area contributed by atoms with Gasteiger partial charge in [0.1, 0.15) is 0 Å². The summed E-state index contributed by atoms with van der Waals surface area (Å²) in [6.45, 7) is 10.5. The Morgan fingerprint density at radius 2 is 1.62 bits per heavy atom. The molecule has 6 heteroatoms. The molecule has 0 aromatic rings. The monoisotopic (exact) mass is 364 g/mol. The van der Waals surface area contributed by atoms with Crippen LogP contribution in [0, 0.1) is 23.7 Å². The molecule has 2 saturated heterocycles. The first kappa shape index (κ1) is 19.6. The lowest BCUT2D eigenvalue weighted by atomic mass is 9.92. The van der Waals surface area contributed by atoms with Gasteiger partial charge in [0, 0.05) is 45.2 Å². The summed E-state index contributed by atoms with van der Waals surface area (Å²) in [7, 11) is 0. The summed E-state index contributed by atoms with van der Waals surface area (Å²) in [5.41, 5.74) is 5.84. The SMILES string of the molecule is CC1CC(C)CN(C(=O)CN2CCN(C(=O)[C@@H]3CCC[C@@H]3CN)CC2)C1. The van der Waals surface area contributed by atoms with E-state index in [4.69, 9.17) is 5.73 Å². The maximum absolute atomic E-state index is 12.8. The van der Waals surface area contributed by atoms with Crippen molar-refractivity contribution in [2.24, 2.45) is 29.4 Å². The minimum Gasteiger partial charge on any atom is -0.341 e. The van der Waals surface area contributed by atoms with Gasteiger partial charge >= 0.3 is 0 Å². The largest absolute Gasteiger partial charge is 0.341 e. The van der Waals surface area contributed by atoms with Crippen LogP contribution in [0.4, 0.5) is 0 Å². The minimum atomic E-state index is 0.129. The van der Waals surface area contributed by atoms with Crippen molar-refractivity contribution in [3.63, 3.8) is 0 Å². The zero-order valence-corrected chi connectivity index (χ0v) is 16.5. The summed E-state index contributed by atoms with van der Waals surface area (Å²) in [5.74, 6) is 2.23. The molecule has 1 aliphatic carbocycles. The highest BCUT2D eigenvalue weighted by Gasteiger charge is 2.36. The second-order valence-electron chi connectivity index (χ2n) is 8.88. The molecular weight excluding hydrogens is 328 g/mol. The quantitative estimate of drug-likeness (QED) is 0.808. The van der Waals surface area contributed by atoms with E-state index in [0.717, 1.165) is 58.5 Å². The molecule has 2 unspecified atom stereocenters. The van der Waals surface area contributed by atoms with Gasteiger partial charge in [-0.15, -0.1) is 0 Å². The Labute approximate surface area is 158 Å². The van der Waals surface area contributed by atoms with Crippen LogP contribution in [0.25, 0.3) is 0 Å². The maximum Gasteiger partial charge on any atom is 0.236 e. The fourth-order valence-corrected chi connectivity index (χ4v) is 5.16. The van der Waals surface area contributed by atoms with E-state index in [1.54, 1.807) is 0 Å². The number of piperidine rings is 1. The summed E-state index contributed by atoms with van der Waals surface area (Å²) in [6.07, 6.45) is 4.42. The fourth-order valence-electron chi connectivity index (χ4n) is 5.16. The summed E-state index contributed by atoms with van der Waals surface area (Å²) >= 11 is 0. The number of hydrogen-bond donors (Lipinski definition) is 1. The molecule has 2 aliphatic heterocycles. The van der Waals surface area contributed by atoms with Gasteiger partial charge in [-0.25, -0.2) is 0 Å². The highest BCUT2D eigenvalue weighted by atomic mass is 16.2. The van der Waals surface area contributed by atoms with Crippen molar-refractivity contribution >= 4 is 11.8 Å². The van der Waals surface area contributed by atoms with Crippen LogP contribution in [0.2, 0.25) is 0 Å². The predicted octanol–water partition coefficient (Wildman–Crippen LogP) is 1.01. The molecule has 2 N–H and O–H groups in total. The van der Waals surface area contributed by atoms with E-state index < -0.39 is 0 Å². The van der Waals surface area contributed by atoms with Crippen LogP contribution in [0.5, 0.6) is 0 Å². The van der Waals surface area contributed by atoms with Crippen LogP contribution in [-0.4, -0.2) is 78.9 Å². The van der Waals surface area contributed by atoms with Gasteiger partial charge in [-0.3, -0.25) is 14.5 Å². The first-order valence-corrected chi connectivity index (χ1v) is 10.5. The van der Waals surface area contributed by atoms with Crippen molar-refractivity contribution in [2.45, 2.75) is 39.5 Å². The molecular formula is C20H36N4O2. The van der Waals surface area contributed by atoms with E-state index >= 15 is 0 Å². The third-order valence-corrected chi connectivity index (χ3v) is 6.54. The van der Waals surface area contributed by atoms with E-state index in [1.807, 2.05) is 9.80 Å². The van der Waals surface area contributed by atoms with Crippen molar-refractivity contribution in [3.8, 4) is 0 Å². The van der Waals surface area contributed by atoms with E-state index in [0.29, 0.717) is 36.8 Å². The number of nitrogens with two attached hydrogens (primary N) is 1. The summed E-state index contributed by atoms with van der Waals surface area (Å²) < 4.78 is 0. The zero-order valence-electron chi connectivity index (χ0n) is 16.5. The van der Waals surface area contributed by atoms with Gasteiger partial charge in [0.25, 0.3) is 0 Å². The van der Waals surface area contributed by atoms with E-state index in [-0.39, 0.29) is 11.8 Å². The molecule has 2 amide bonds. The molecule has 0 aromatic heterocycles. The Bertz CT molecular complexity index is 494. The third kappa shape index (κ3) is 4.58. The Morgan fingerprint density at radius 1 is 0.962 bits per heavy atom. The summed E-state index contributed by atoms with van der Waals surface area (Å²) in [6, 6.07) is 0. The molecule has 0 bridgehead atoms. The first-order valence-electron chi connectivity index (χ1n) is 10.5. The van der Waals surface area contributed by atoms with Gasteiger partial charge in [0.05, 0.1) is 6.54 Å². The number of amides is 2. The van der Waals surface area contributed by atoms with Crippen molar-refractivity contribution in [1.82, 2.24) is 14.7 Å². The average molecular weight is 365 g/mol. The molecule has 0 aromatic carbocycles. The summed E-state index contributed by atoms with van der Waals surface area (Å²) in [5, 5.41) is 0. The smallest absolute Gasteiger partial charge is 0.236 e. The van der Waals surface area contributed by atoms with Gasteiger partial charge in [-0.1, -0.05) is 20.3 Å². The standard InChI is InChI=1S/C20H36N4O2/c1-15-10-16(2)13-24(12-15)19(25)14-22-6-8-23(9-7-22)20(26)18-5-3-4-17(18)11-21/h15-18H,3-14,21H2,1-2H3/t15?,16?,17-,18-/m1/s1. The van der Waals surface area contributed by atoms with Crippen molar-refractivity contribution in [1.29, 1.82) is 0 Å². The predicted molar refractivity (Wildman–Crippen MR) is 102 cm³/mol. The van der Waals surface area contributed by atoms with Crippen molar-refractivity contribution in [3.05, 3.63) is 0 Å². The number of nitrogens with zero attached hydrogens (tertiary/aromatic N) is 3. The van der Waals surface area contributed by atoms with Crippen LogP contribution in [0.1, 0.15) is 39.5 Å². The molecule has 3 fully saturated rings. The maximum atomic E-state index is 12.8. The van der Waals surface area contributed by atoms with E-state index in [1.165, 1.54) is 6.42 Å². The lowest BCUT2D eigenvalue weighted by molar-refractivity contribution is -0.139. The molecule has 3 rings (SSSR count). The molecule has 0 spiro atoms. The number of piperazine rings is 1. The Hall–Kier alpha value is -1.14. The van der Waals surface area contributed by atoms with Crippen LogP contribution in [0.3, 0.4) is 0 Å². The third-order valence-electron chi connectivity index (χ3n) is 6.54. The number of carbonyl (C=O) groups excluding carboxylic acids is 2. The van der Waals surface area contributed by atoms with Gasteiger partial charge in [-0.2, -0.15) is 0 Å². The van der Waals surface area contributed by atoms with E-state index in [9.17, 15) is 9.59 Å². The lowest BCUT2D eigenvalue weighted by Crippen LogP contribution is -2.54. The van der Waals surface area contributed by atoms with Crippen molar-refractivity contribution in [2.75, 3.05) is 52.4 Å². The second kappa shape index (κ2) is 8.70. The molecule has 148 valence electrons. The van der Waals surface area contributed by atoms with Gasteiger partial charge < -0.3 is 15.5 Å². The highest BCUT2D eigenvalue weighted by Crippen LogP contribution is 2.32.